The maximum absolute atomic E-state index is 6.22. The summed E-state index contributed by atoms with van der Waals surface area (Å²) >= 11 is 15.6. The van der Waals surface area contributed by atoms with Gasteiger partial charge in [0.25, 0.3) is 0 Å². The molecule has 0 aromatic heterocycles. The first-order valence-electron chi connectivity index (χ1n) is 5.95. The lowest BCUT2D eigenvalue weighted by molar-refractivity contribution is 0.883. The molecule has 1 unspecified atom stereocenters. The standard InChI is InChI=1S/C15H14BrCl2N/c1-9-7-11(16)3-6-15(9)19-10(2)13-5-4-12(17)8-14(13)18/h3-8,10,19H,1-2H3. The Morgan fingerprint density at radius 1 is 1.11 bits per heavy atom. The van der Waals surface area contributed by atoms with E-state index in [-0.39, 0.29) is 6.04 Å². The van der Waals surface area contributed by atoms with Crippen LogP contribution in [0.4, 0.5) is 5.69 Å². The van der Waals surface area contributed by atoms with Crippen LogP contribution in [0, 0.1) is 6.92 Å². The molecule has 0 saturated carbocycles. The van der Waals surface area contributed by atoms with Gasteiger partial charge in [-0.25, -0.2) is 0 Å². The lowest BCUT2D eigenvalue weighted by Gasteiger charge is -2.19. The molecule has 1 nitrogen and oxygen atoms in total. The quantitative estimate of drug-likeness (QED) is 0.684. The zero-order valence-electron chi connectivity index (χ0n) is 10.7. The number of benzene rings is 2. The molecule has 0 radical (unpaired) electrons. The lowest BCUT2D eigenvalue weighted by Crippen LogP contribution is -2.08. The summed E-state index contributed by atoms with van der Waals surface area (Å²) in [6, 6.07) is 11.9. The minimum absolute atomic E-state index is 0.115. The Morgan fingerprint density at radius 2 is 1.84 bits per heavy atom. The van der Waals surface area contributed by atoms with Gasteiger partial charge >= 0.3 is 0 Å². The molecule has 0 aliphatic heterocycles. The number of nitrogens with one attached hydrogen (secondary N) is 1. The summed E-state index contributed by atoms with van der Waals surface area (Å²) in [5, 5.41) is 4.80. The second-order valence-electron chi connectivity index (χ2n) is 4.49. The Balaban J connectivity index is 2.23. The summed E-state index contributed by atoms with van der Waals surface area (Å²) < 4.78 is 1.08. The van der Waals surface area contributed by atoms with Gasteiger partial charge in [-0.15, -0.1) is 0 Å². The number of hydrogen-bond donors (Lipinski definition) is 1. The van der Waals surface area contributed by atoms with Gasteiger partial charge in [-0.1, -0.05) is 45.2 Å². The monoisotopic (exact) mass is 357 g/mol. The first kappa shape index (κ1) is 14.7. The van der Waals surface area contributed by atoms with Gasteiger partial charge in [-0.2, -0.15) is 0 Å². The second kappa shape index (κ2) is 6.17. The van der Waals surface area contributed by atoms with Crippen molar-refractivity contribution >= 4 is 44.8 Å². The van der Waals surface area contributed by atoms with E-state index in [2.05, 4.69) is 47.2 Å². The van der Waals surface area contributed by atoms with Crippen molar-refractivity contribution in [3.8, 4) is 0 Å². The fourth-order valence-electron chi connectivity index (χ4n) is 1.95. The van der Waals surface area contributed by atoms with E-state index < -0.39 is 0 Å². The molecule has 0 spiro atoms. The van der Waals surface area contributed by atoms with E-state index in [1.807, 2.05) is 18.2 Å². The topological polar surface area (TPSA) is 12.0 Å². The summed E-state index contributed by atoms with van der Waals surface area (Å²) in [6.07, 6.45) is 0. The van der Waals surface area contributed by atoms with Gasteiger partial charge in [0.2, 0.25) is 0 Å². The highest BCUT2D eigenvalue weighted by Crippen LogP contribution is 2.30. The van der Waals surface area contributed by atoms with Crippen LogP contribution in [-0.4, -0.2) is 0 Å². The third kappa shape index (κ3) is 3.65. The van der Waals surface area contributed by atoms with Crippen LogP contribution in [-0.2, 0) is 0 Å². The molecular weight excluding hydrogens is 345 g/mol. The van der Waals surface area contributed by atoms with E-state index in [0.717, 1.165) is 15.7 Å². The van der Waals surface area contributed by atoms with Crippen LogP contribution in [0.1, 0.15) is 24.1 Å². The first-order valence-corrected chi connectivity index (χ1v) is 7.50. The average Bonchev–Trinajstić information content (AvgIpc) is 2.32. The first-order chi connectivity index (χ1) is 8.97. The third-order valence-electron chi connectivity index (χ3n) is 2.99. The van der Waals surface area contributed by atoms with Gasteiger partial charge < -0.3 is 5.32 Å². The molecule has 2 aromatic rings. The van der Waals surface area contributed by atoms with E-state index >= 15 is 0 Å². The molecule has 2 aromatic carbocycles. The minimum Gasteiger partial charge on any atom is -0.378 e. The van der Waals surface area contributed by atoms with Crippen molar-refractivity contribution < 1.29 is 0 Å². The SMILES string of the molecule is Cc1cc(Br)ccc1NC(C)c1ccc(Cl)cc1Cl. The molecule has 0 aliphatic carbocycles. The van der Waals surface area contributed by atoms with Gasteiger partial charge in [0.05, 0.1) is 6.04 Å². The number of rotatable bonds is 3. The molecule has 0 aliphatic rings. The van der Waals surface area contributed by atoms with Gasteiger partial charge in [0.1, 0.15) is 0 Å². The molecule has 0 heterocycles. The Bertz CT molecular complexity index is 599. The highest BCUT2D eigenvalue weighted by atomic mass is 79.9. The van der Waals surface area contributed by atoms with Crippen LogP contribution >= 0.6 is 39.1 Å². The molecule has 1 N–H and O–H groups in total. The average molecular weight is 359 g/mol. The Hall–Kier alpha value is -0.700. The zero-order valence-corrected chi connectivity index (χ0v) is 13.8. The van der Waals surface area contributed by atoms with E-state index in [1.165, 1.54) is 5.56 Å². The third-order valence-corrected chi connectivity index (χ3v) is 4.05. The van der Waals surface area contributed by atoms with E-state index in [9.17, 15) is 0 Å². The van der Waals surface area contributed by atoms with Crippen LogP contribution < -0.4 is 5.32 Å². The number of anilines is 1. The molecule has 2 rings (SSSR count). The molecule has 19 heavy (non-hydrogen) atoms. The van der Waals surface area contributed by atoms with Crippen LogP contribution in [0.15, 0.2) is 40.9 Å². The maximum atomic E-state index is 6.22. The number of aryl methyl sites for hydroxylation is 1. The number of hydrogen-bond acceptors (Lipinski definition) is 1. The second-order valence-corrected chi connectivity index (χ2v) is 6.25. The predicted octanol–water partition coefficient (Wildman–Crippen LogP) is 6.24. The molecule has 4 heteroatoms. The van der Waals surface area contributed by atoms with E-state index in [1.54, 1.807) is 6.07 Å². The Morgan fingerprint density at radius 3 is 2.47 bits per heavy atom. The van der Waals surface area contributed by atoms with Gasteiger partial charge in [0.15, 0.2) is 0 Å². The highest BCUT2D eigenvalue weighted by Gasteiger charge is 2.11. The van der Waals surface area contributed by atoms with Crippen LogP contribution in [0.5, 0.6) is 0 Å². The summed E-state index contributed by atoms with van der Waals surface area (Å²) in [5.41, 5.74) is 3.32. The minimum atomic E-state index is 0.115. The van der Waals surface area contributed by atoms with Crippen molar-refractivity contribution in [1.82, 2.24) is 0 Å². The van der Waals surface area contributed by atoms with Crippen molar-refractivity contribution in [2.24, 2.45) is 0 Å². The molecule has 100 valence electrons. The fourth-order valence-corrected chi connectivity index (χ4v) is 3.00. The van der Waals surface area contributed by atoms with E-state index in [0.29, 0.717) is 10.0 Å². The van der Waals surface area contributed by atoms with Gasteiger partial charge in [-0.05, 0) is 55.3 Å². The maximum Gasteiger partial charge on any atom is 0.0500 e. The van der Waals surface area contributed by atoms with Crippen molar-refractivity contribution in [2.75, 3.05) is 5.32 Å². The molecule has 0 bridgehead atoms. The van der Waals surface area contributed by atoms with Gasteiger partial charge in [0, 0.05) is 20.2 Å². The number of halogens is 3. The van der Waals surface area contributed by atoms with Crippen LogP contribution in [0.25, 0.3) is 0 Å². The van der Waals surface area contributed by atoms with Crippen molar-refractivity contribution in [3.63, 3.8) is 0 Å². The normalized spacial score (nSPS) is 12.3. The van der Waals surface area contributed by atoms with Gasteiger partial charge in [-0.3, -0.25) is 0 Å². The predicted molar refractivity (Wildman–Crippen MR) is 87.4 cm³/mol. The summed E-state index contributed by atoms with van der Waals surface area (Å²) in [7, 11) is 0. The van der Waals surface area contributed by atoms with Crippen molar-refractivity contribution in [1.29, 1.82) is 0 Å². The van der Waals surface area contributed by atoms with Crippen molar-refractivity contribution in [3.05, 3.63) is 62.0 Å². The van der Waals surface area contributed by atoms with Crippen LogP contribution in [0.2, 0.25) is 10.0 Å². The summed E-state index contributed by atoms with van der Waals surface area (Å²) in [6.45, 7) is 4.15. The molecule has 0 saturated heterocycles. The van der Waals surface area contributed by atoms with Crippen LogP contribution in [0.3, 0.4) is 0 Å². The van der Waals surface area contributed by atoms with Crippen molar-refractivity contribution in [2.45, 2.75) is 19.9 Å². The molecule has 0 fully saturated rings. The molecule has 1 atom stereocenters. The van der Waals surface area contributed by atoms with E-state index in [4.69, 9.17) is 23.2 Å². The smallest absolute Gasteiger partial charge is 0.0500 e. The summed E-state index contributed by atoms with van der Waals surface area (Å²) in [4.78, 5) is 0. The highest BCUT2D eigenvalue weighted by molar-refractivity contribution is 9.10. The Kier molecular flexibility index (Phi) is 4.77. The molecule has 0 amide bonds. The lowest BCUT2D eigenvalue weighted by atomic mass is 10.1. The zero-order chi connectivity index (χ0) is 14.0. The largest absolute Gasteiger partial charge is 0.378 e. The fraction of sp³-hybridized carbons (Fsp3) is 0.200. The summed E-state index contributed by atoms with van der Waals surface area (Å²) in [5.74, 6) is 0. The molecular formula is C15H14BrCl2N. The Labute approximate surface area is 132 Å².